The first-order valence-corrected chi connectivity index (χ1v) is 7.51. The van der Waals surface area contributed by atoms with Crippen molar-refractivity contribution in [3.05, 3.63) is 23.5 Å². The number of halogens is 2. The van der Waals surface area contributed by atoms with Gasteiger partial charge in [0.05, 0.1) is 0 Å². The molecule has 0 amide bonds. The van der Waals surface area contributed by atoms with Crippen LogP contribution in [0.1, 0.15) is 25.2 Å². The summed E-state index contributed by atoms with van der Waals surface area (Å²) in [6, 6.07) is 3.93. The van der Waals surface area contributed by atoms with Gasteiger partial charge in [-0.05, 0) is 13.8 Å². The molecule has 1 rings (SSSR count). The molecule has 91 valence electrons. The van der Waals surface area contributed by atoms with Gasteiger partial charge in [0.2, 0.25) is 0 Å². The van der Waals surface area contributed by atoms with Crippen molar-refractivity contribution in [2.24, 2.45) is 9.98 Å². The van der Waals surface area contributed by atoms with Crippen molar-refractivity contribution in [1.29, 1.82) is 0 Å². The Bertz CT molecular complexity index is 339. The van der Waals surface area contributed by atoms with Gasteiger partial charge >= 0.3 is 33.3 Å². The molecule has 0 aliphatic carbocycles. The summed E-state index contributed by atoms with van der Waals surface area (Å²) in [5, 5.41) is 0. The summed E-state index contributed by atoms with van der Waals surface area (Å²) in [7, 11) is 13.1. The average molecular weight is 303 g/mol. The number of hydrogen-bond donors (Lipinski definition) is 0. The maximum absolute atomic E-state index is 4.76. The predicted octanol–water partition coefficient (Wildman–Crippen LogP) is 2.90. The van der Waals surface area contributed by atoms with Crippen LogP contribution in [-0.2, 0) is 13.1 Å². The van der Waals surface area contributed by atoms with Crippen LogP contribution in [0.15, 0.2) is 22.1 Å². The zero-order valence-electron chi connectivity index (χ0n) is 9.61. The van der Waals surface area contributed by atoms with Crippen molar-refractivity contribution in [1.82, 2.24) is 4.98 Å². The molecule has 3 nitrogen and oxygen atoms in total. The Hall–Kier alpha value is -0.281. The second-order valence-corrected chi connectivity index (χ2v) is 4.71. The molecule has 0 spiro atoms. The summed E-state index contributed by atoms with van der Waals surface area (Å²) in [5.41, 5.74) is 3.77. The van der Waals surface area contributed by atoms with Crippen LogP contribution in [0.3, 0.4) is 0 Å². The van der Waals surface area contributed by atoms with E-state index in [1.165, 1.54) is 0 Å². The van der Waals surface area contributed by atoms with E-state index in [1.54, 1.807) is 14.1 Å². The fourth-order valence-corrected chi connectivity index (χ4v) is 0.994. The Balaban J connectivity index is 0.000000673. The normalized spacial score (nSPS) is 12.1. The van der Waals surface area contributed by atoms with Crippen LogP contribution >= 0.6 is 20.2 Å². The molecule has 0 saturated heterocycles. The molecule has 0 radical (unpaired) electrons. The quantitative estimate of drug-likeness (QED) is 0.611. The molecule has 16 heavy (non-hydrogen) atoms. The van der Waals surface area contributed by atoms with Crippen LogP contribution in [0, 0.1) is 0 Å². The number of aliphatic imine (C=N–C) groups is 2. The van der Waals surface area contributed by atoms with E-state index in [-0.39, 0.29) is 13.1 Å². The van der Waals surface area contributed by atoms with E-state index >= 15 is 0 Å². The van der Waals surface area contributed by atoms with Gasteiger partial charge in [0.1, 0.15) is 0 Å². The van der Waals surface area contributed by atoms with Gasteiger partial charge in [-0.15, -0.1) is 11.4 Å². The van der Waals surface area contributed by atoms with Gasteiger partial charge in [0.15, 0.2) is 0 Å². The van der Waals surface area contributed by atoms with E-state index in [2.05, 4.69) is 15.0 Å². The third-order valence-corrected chi connectivity index (χ3v) is 2.05. The SMILES string of the molecule is CN=C(C)c1ccc(C(C)=NC)[n-]1.[Cl][Fe+][Cl]. The molecule has 0 atom stereocenters. The van der Waals surface area contributed by atoms with Crippen LogP contribution < -0.4 is 4.98 Å². The molecule has 0 aromatic carbocycles. The number of hydrogen-bond acceptors (Lipinski definition) is 2. The van der Waals surface area contributed by atoms with Crippen molar-refractivity contribution >= 4 is 31.6 Å². The molecule has 0 saturated carbocycles. The molecule has 0 aliphatic rings. The van der Waals surface area contributed by atoms with Gasteiger partial charge in [-0.1, -0.05) is 12.1 Å². The van der Waals surface area contributed by atoms with Crippen LogP contribution in [0.4, 0.5) is 0 Å². The Morgan fingerprint density at radius 3 is 1.62 bits per heavy atom. The molecule has 1 heterocycles. The van der Waals surface area contributed by atoms with Gasteiger partial charge < -0.3 is 4.98 Å². The standard InChI is InChI=1S/C10H14N3.2ClH.Fe/c1-7(11-3)9-5-6-10(13-9)8(2)12-4;;;/h5-6H,1-4H3;2*1H;/q-1;;;+3/p-2. The van der Waals surface area contributed by atoms with Gasteiger partial charge in [0, 0.05) is 25.5 Å². The Labute approximate surface area is 111 Å². The monoisotopic (exact) mass is 302 g/mol. The summed E-state index contributed by atoms with van der Waals surface area (Å²) in [4.78, 5) is 12.5. The molecule has 0 aliphatic heterocycles. The minimum absolute atomic E-state index is 0.194. The summed E-state index contributed by atoms with van der Waals surface area (Å²) in [6.07, 6.45) is 0. The maximum atomic E-state index is 4.76. The fourth-order valence-electron chi connectivity index (χ4n) is 0.994. The molecular weight excluding hydrogens is 289 g/mol. The first-order chi connectivity index (χ1) is 7.60. The minimum atomic E-state index is 0.194. The zero-order chi connectivity index (χ0) is 12.6. The van der Waals surface area contributed by atoms with Gasteiger partial charge in [-0.2, -0.15) is 0 Å². The molecule has 0 bridgehead atoms. The fraction of sp³-hybridized carbons (Fsp3) is 0.400. The van der Waals surface area contributed by atoms with E-state index in [9.17, 15) is 0 Å². The molecule has 0 fully saturated rings. The Morgan fingerprint density at radius 2 is 1.38 bits per heavy atom. The van der Waals surface area contributed by atoms with Gasteiger partial charge in [0.25, 0.3) is 0 Å². The van der Waals surface area contributed by atoms with Crippen molar-refractivity contribution in [3.8, 4) is 0 Å². The third kappa shape index (κ3) is 5.17. The topological polar surface area (TPSA) is 38.8 Å². The third-order valence-electron chi connectivity index (χ3n) is 2.05. The van der Waals surface area contributed by atoms with Crippen LogP contribution in [0.5, 0.6) is 0 Å². The number of rotatable bonds is 2. The van der Waals surface area contributed by atoms with Crippen LogP contribution in [-0.4, -0.2) is 25.5 Å². The number of aromatic nitrogens is 1. The first kappa shape index (κ1) is 15.7. The Kier molecular flexibility index (Phi) is 8.67. The van der Waals surface area contributed by atoms with Crippen molar-refractivity contribution in [2.45, 2.75) is 13.8 Å². The summed E-state index contributed by atoms with van der Waals surface area (Å²) >= 11 is 0.194. The van der Waals surface area contributed by atoms with Crippen molar-refractivity contribution in [3.63, 3.8) is 0 Å². The molecule has 1 aromatic rings. The van der Waals surface area contributed by atoms with Crippen LogP contribution in [0.25, 0.3) is 0 Å². The zero-order valence-corrected chi connectivity index (χ0v) is 12.2. The van der Waals surface area contributed by atoms with E-state index in [1.807, 2.05) is 26.0 Å². The number of nitrogens with zero attached hydrogens (tertiary/aromatic N) is 3. The molecule has 1 aromatic heterocycles. The predicted molar refractivity (Wildman–Crippen MR) is 67.7 cm³/mol. The van der Waals surface area contributed by atoms with E-state index in [0.717, 1.165) is 22.8 Å². The van der Waals surface area contributed by atoms with Gasteiger partial charge in [-0.25, -0.2) is 0 Å². The second-order valence-electron chi connectivity index (χ2n) is 2.88. The van der Waals surface area contributed by atoms with Gasteiger partial charge in [-0.3, -0.25) is 9.98 Å². The van der Waals surface area contributed by atoms with E-state index in [4.69, 9.17) is 20.2 Å². The van der Waals surface area contributed by atoms with Crippen molar-refractivity contribution < 1.29 is 13.1 Å². The summed E-state index contributed by atoms with van der Waals surface area (Å²) in [5.74, 6) is 0. The van der Waals surface area contributed by atoms with E-state index in [0.29, 0.717) is 0 Å². The van der Waals surface area contributed by atoms with Crippen LogP contribution in [0.2, 0.25) is 0 Å². The van der Waals surface area contributed by atoms with E-state index < -0.39 is 0 Å². The molecular formula is C10H14Cl2FeN3. The summed E-state index contributed by atoms with van der Waals surface area (Å²) < 4.78 is 0. The average Bonchev–Trinajstić information content (AvgIpc) is 2.77. The molecule has 0 N–H and O–H groups in total. The first-order valence-electron chi connectivity index (χ1n) is 4.47. The molecule has 0 unspecified atom stereocenters. The van der Waals surface area contributed by atoms with Crippen molar-refractivity contribution in [2.75, 3.05) is 14.1 Å². The Morgan fingerprint density at radius 1 is 1.06 bits per heavy atom. The molecule has 6 heteroatoms. The summed E-state index contributed by atoms with van der Waals surface area (Å²) in [6.45, 7) is 3.90. The second kappa shape index (κ2) is 8.82.